The van der Waals surface area contributed by atoms with Crippen molar-refractivity contribution in [3.05, 3.63) is 29.8 Å². The van der Waals surface area contributed by atoms with Gasteiger partial charge in [-0.15, -0.1) is 0 Å². The average molecular weight is 266 g/mol. The molecule has 0 spiro atoms. The van der Waals surface area contributed by atoms with Crippen molar-refractivity contribution in [1.82, 2.24) is 5.32 Å². The summed E-state index contributed by atoms with van der Waals surface area (Å²) in [5.74, 6) is -1.03. The number of amides is 1. The summed E-state index contributed by atoms with van der Waals surface area (Å²) in [5.41, 5.74) is 7.29. The fourth-order valence-corrected chi connectivity index (χ4v) is 1.53. The van der Waals surface area contributed by atoms with Crippen LogP contribution >= 0.6 is 0 Å². The number of aliphatic hydroxyl groups is 1. The van der Waals surface area contributed by atoms with E-state index in [1.165, 1.54) is 7.11 Å². The number of hydrogen-bond donors (Lipinski definition) is 3. The van der Waals surface area contributed by atoms with Crippen molar-refractivity contribution >= 4 is 17.6 Å². The highest BCUT2D eigenvalue weighted by Crippen LogP contribution is 2.12. The van der Waals surface area contributed by atoms with Crippen LogP contribution in [-0.4, -0.2) is 36.7 Å². The molecule has 0 saturated heterocycles. The van der Waals surface area contributed by atoms with E-state index in [1.54, 1.807) is 6.07 Å². The van der Waals surface area contributed by atoms with Crippen LogP contribution in [-0.2, 0) is 20.7 Å². The Morgan fingerprint density at radius 2 is 2.11 bits per heavy atom. The molecule has 104 valence electrons. The predicted octanol–water partition coefficient (Wildman–Crippen LogP) is -0.149. The van der Waals surface area contributed by atoms with Crippen LogP contribution in [0, 0.1) is 0 Å². The summed E-state index contributed by atoms with van der Waals surface area (Å²) < 4.78 is 4.33. The van der Waals surface area contributed by atoms with Crippen LogP contribution in [0.15, 0.2) is 24.3 Å². The second-order valence-electron chi connectivity index (χ2n) is 4.04. The fraction of sp³-hybridized carbons (Fsp3) is 0.385. The quantitative estimate of drug-likeness (QED) is 0.491. The first kappa shape index (κ1) is 15.0. The van der Waals surface area contributed by atoms with Gasteiger partial charge in [0.25, 0.3) is 0 Å². The number of hydrogen-bond acceptors (Lipinski definition) is 5. The summed E-state index contributed by atoms with van der Waals surface area (Å²) in [7, 11) is 1.17. The number of carbonyl (C=O) groups is 2. The molecular formula is C13H18N2O4. The number of benzene rings is 1. The molecule has 1 atom stereocenters. The topological polar surface area (TPSA) is 102 Å². The summed E-state index contributed by atoms with van der Waals surface area (Å²) in [6.07, 6.45) is -0.592. The number of nitrogen functional groups attached to an aromatic ring is 1. The monoisotopic (exact) mass is 266 g/mol. The van der Waals surface area contributed by atoms with E-state index in [4.69, 9.17) is 5.73 Å². The SMILES string of the molecule is COC(=O)C(O)CNC(=O)CCc1ccccc1N. The van der Waals surface area contributed by atoms with Crippen LogP contribution in [0.3, 0.4) is 0 Å². The molecule has 0 aromatic heterocycles. The number of rotatable bonds is 6. The molecule has 6 heteroatoms. The number of para-hydroxylation sites is 1. The van der Waals surface area contributed by atoms with E-state index in [0.717, 1.165) is 5.56 Å². The van der Waals surface area contributed by atoms with Crippen molar-refractivity contribution in [3.63, 3.8) is 0 Å². The van der Waals surface area contributed by atoms with E-state index in [-0.39, 0.29) is 18.9 Å². The van der Waals surface area contributed by atoms with Gasteiger partial charge in [-0.25, -0.2) is 4.79 Å². The number of methoxy groups -OCH3 is 1. The van der Waals surface area contributed by atoms with Crippen molar-refractivity contribution in [2.75, 3.05) is 19.4 Å². The first-order valence-corrected chi connectivity index (χ1v) is 5.90. The molecule has 0 aliphatic carbocycles. The summed E-state index contributed by atoms with van der Waals surface area (Å²) in [5, 5.41) is 11.7. The lowest BCUT2D eigenvalue weighted by Crippen LogP contribution is -2.37. The zero-order chi connectivity index (χ0) is 14.3. The van der Waals surface area contributed by atoms with E-state index >= 15 is 0 Å². The minimum Gasteiger partial charge on any atom is -0.467 e. The first-order chi connectivity index (χ1) is 9.04. The molecular weight excluding hydrogens is 248 g/mol. The van der Waals surface area contributed by atoms with E-state index < -0.39 is 12.1 Å². The predicted molar refractivity (Wildman–Crippen MR) is 70.2 cm³/mol. The molecule has 6 nitrogen and oxygen atoms in total. The van der Waals surface area contributed by atoms with Crippen molar-refractivity contribution < 1.29 is 19.4 Å². The molecule has 19 heavy (non-hydrogen) atoms. The Balaban J connectivity index is 2.33. The van der Waals surface area contributed by atoms with E-state index in [1.807, 2.05) is 18.2 Å². The maximum Gasteiger partial charge on any atom is 0.336 e. The highest BCUT2D eigenvalue weighted by molar-refractivity contribution is 5.79. The van der Waals surface area contributed by atoms with E-state index in [9.17, 15) is 14.7 Å². The average Bonchev–Trinajstić information content (AvgIpc) is 2.42. The van der Waals surface area contributed by atoms with Crippen LogP contribution in [0.2, 0.25) is 0 Å². The van der Waals surface area contributed by atoms with Crippen molar-refractivity contribution in [2.24, 2.45) is 0 Å². The van der Waals surface area contributed by atoms with Crippen LogP contribution in [0.5, 0.6) is 0 Å². The molecule has 0 radical (unpaired) electrons. The molecule has 0 bridgehead atoms. The smallest absolute Gasteiger partial charge is 0.336 e. The number of aliphatic hydroxyl groups excluding tert-OH is 1. The van der Waals surface area contributed by atoms with E-state index in [2.05, 4.69) is 10.1 Å². The Labute approximate surface area is 111 Å². The maximum atomic E-state index is 11.5. The minimum atomic E-state index is -1.34. The van der Waals surface area contributed by atoms with Gasteiger partial charge in [-0.05, 0) is 18.1 Å². The van der Waals surface area contributed by atoms with Gasteiger partial charge in [0.05, 0.1) is 13.7 Å². The zero-order valence-electron chi connectivity index (χ0n) is 10.8. The minimum absolute atomic E-state index is 0.157. The summed E-state index contributed by atoms with van der Waals surface area (Å²) in [6.45, 7) is -0.157. The van der Waals surface area contributed by atoms with Gasteiger partial charge in [0, 0.05) is 12.1 Å². The molecule has 0 aliphatic rings. The summed E-state index contributed by atoms with van der Waals surface area (Å²) >= 11 is 0. The van der Waals surface area contributed by atoms with Gasteiger partial charge < -0.3 is 20.9 Å². The number of nitrogens with two attached hydrogens (primary N) is 1. The Bertz CT molecular complexity index is 448. The second kappa shape index (κ2) is 7.38. The Morgan fingerprint density at radius 3 is 2.74 bits per heavy atom. The molecule has 0 heterocycles. The Hall–Kier alpha value is -2.08. The molecule has 1 unspecified atom stereocenters. The summed E-state index contributed by atoms with van der Waals surface area (Å²) in [4.78, 5) is 22.4. The molecule has 1 aromatic carbocycles. The lowest BCUT2D eigenvalue weighted by molar-refractivity contribution is -0.150. The Kier molecular flexibility index (Phi) is 5.81. The van der Waals surface area contributed by atoms with Crippen LogP contribution in [0.25, 0.3) is 0 Å². The molecule has 0 saturated carbocycles. The van der Waals surface area contributed by atoms with Crippen LogP contribution in [0.4, 0.5) is 5.69 Å². The lowest BCUT2D eigenvalue weighted by Gasteiger charge is -2.10. The number of ether oxygens (including phenoxy) is 1. The van der Waals surface area contributed by atoms with Gasteiger partial charge in [-0.3, -0.25) is 4.79 Å². The lowest BCUT2D eigenvalue weighted by atomic mass is 10.1. The largest absolute Gasteiger partial charge is 0.467 e. The van der Waals surface area contributed by atoms with Crippen molar-refractivity contribution in [3.8, 4) is 0 Å². The van der Waals surface area contributed by atoms with Gasteiger partial charge in [0.2, 0.25) is 5.91 Å². The molecule has 4 N–H and O–H groups in total. The van der Waals surface area contributed by atoms with Crippen LogP contribution in [0.1, 0.15) is 12.0 Å². The molecule has 1 rings (SSSR count). The van der Waals surface area contributed by atoms with Gasteiger partial charge in [-0.2, -0.15) is 0 Å². The molecule has 0 aliphatic heterocycles. The van der Waals surface area contributed by atoms with Gasteiger partial charge >= 0.3 is 5.97 Å². The number of aryl methyl sites for hydroxylation is 1. The number of nitrogens with one attached hydrogen (secondary N) is 1. The highest BCUT2D eigenvalue weighted by Gasteiger charge is 2.16. The Morgan fingerprint density at radius 1 is 1.42 bits per heavy atom. The van der Waals surface area contributed by atoms with Crippen LogP contribution < -0.4 is 11.1 Å². The highest BCUT2D eigenvalue weighted by atomic mass is 16.5. The van der Waals surface area contributed by atoms with Gasteiger partial charge in [-0.1, -0.05) is 18.2 Å². The second-order valence-corrected chi connectivity index (χ2v) is 4.04. The van der Waals surface area contributed by atoms with Crippen molar-refractivity contribution in [2.45, 2.75) is 18.9 Å². The molecule has 1 aromatic rings. The maximum absolute atomic E-state index is 11.5. The fourth-order valence-electron chi connectivity index (χ4n) is 1.53. The third-order valence-corrected chi connectivity index (χ3v) is 2.64. The number of anilines is 1. The van der Waals surface area contributed by atoms with Gasteiger partial charge in [0.15, 0.2) is 6.10 Å². The zero-order valence-corrected chi connectivity index (χ0v) is 10.8. The standard InChI is InChI=1S/C13H18N2O4/c1-19-13(18)11(16)8-15-12(17)7-6-9-4-2-3-5-10(9)14/h2-5,11,16H,6-8,14H2,1H3,(H,15,17). The molecule has 0 fully saturated rings. The summed E-state index contributed by atoms with van der Waals surface area (Å²) in [6, 6.07) is 7.30. The van der Waals surface area contributed by atoms with E-state index in [0.29, 0.717) is 12.1 Å². The van der Waals surface area contributed by atoms with Crippen molar-refractivity contribution in [1.29, 1.82) is 0 Å². The number of esters is 1. The van der Waals surface area contributed by atoms with Gasteiger partial charge in [0.1, 0.15) is 0 Å². The third-order valence-electron chi connectivity index (χ3n) is 2.64. The first-order valence-electron chi connectivity index (χ1n) is 5.90. The molecule has 1 amide bonds. The number of carbonyl (C=O) groups excluding carboxylic acids is 2. The normalized spacial score (nSPS) is 11.7. The third kappa shape index (κ3) is 4.97.